The van der Waals surface area contributed by atoms with Gasteiger partial charge in [-0.25, -0.2) is 4.79 Å². The van der Waals surface area contributed by atoms with E-state index in [1.54, 1.807) is 12.4 Å². The molecule has 0 amide bonds. The lowest BCUT2D eigenvalue weighted by molar-refractivity contribution is -0.139. The van der Waals surface area contributed by atoms with E-state index >= 15 is 0 Å². The summed E-state index contributed by atoms with van der Waals surface area (Å²) in [6.45, 7) is 4.21. The maximum Gasteiger partial charge on any atom is 0.336 e. The van der Waals surface area contributed by atoms with Gasteiger partial charge in [0.2, 0.25) is 0 Å². The van der Waals surface area contributed by atoms with Crippen LogP contribution < -0.4 is 5.32 Å². The van der Waals surface area contributed by atoms with Gasteiger partial charge in [0.05, 0.1) is 12.2 Å². The Morgan fingerprint density at radius 2 is 2.08 bits per heavy atom. The minimum atomic E-state index is -0.374. The number of hydrogen-bond donors (Lipinski definition) is 1. The maximum atomic E-state index is 12.7. The number of ether oxygens (including phenoxy) is 1. The van der Waals surface area contributed by atoms with Crippen LogP contribution in [0.2, 0.25) is 0 Å². The third-order valence-electron chi connectivity index (χ3n) is 4.47. The first-order chi connectivity index (χ1) is 11.6. The summed E-state index contributed by atoms with van der Waals surface area (Å²) in [4.78, 5) is 29.3. The molecule has 0 bridgehead atoms. The van der Waals surface area contributed by atoms with Crippen molar-refractivity contribution in [3.8, 4) is 0 Å². The molecule has 0 saturated carbocycles. The molecule has 0 saturated heterocycles. The summed E-state index contributed by atoms with van der Waals surface area (Å²) in [6, 6.07) is 3.73. The highest BCUT2D eigenvalue weighted by atomic mass is 16.5. The maximum absolute atomic E-state index is 12.7. The molecule has 5 nitrogen and oxygen atoms in total. The summed E-state index contributed by atoms with van der Waals surface area (Å²) in [5.74, 6) is -0.617. The van der Waals surface area contributed by atoms with Gasteiger partial charge in [-0.2, -0.15) is 0 Å². The van der Waals surface area contributed by atoms with Gasteiger partial charge < -0.3 is 10.1 Å². The number of rotatable bonds is 4. The zero-order valence-electron chi connectivity index (χ0n) is 14.1. The number of esters is 1. The van der Waals surface area contributed by atoms with E-state index in [0.29, 0.717) is 24.2 Å². The van der Waals surface area contributed by atoms with Gasteiger partial charge in [-0.05, 0) is 43.9 Å². The zero-order valence-corrected chi connectivity index (χ0v) is 14.1. The number of carbonyl (C=O) groups is 2. The average molecular weight is 326 g/mol. The number of allylic oxidation sites excluding steroid dienone is 3. The van der Waals surface area contributed by atoms with Crippen LogP contribution >= 0.6 is 0 Å². The van der Waals surface area contributed by atoms with E-state index < -0.39 is 0 Å². The van der Waals surface area contributed by atoms with Crippen LogP contribution in [0.4, 0.5) is 0 Å². The second kappa shape index (κ2) is 6.99. The van der Waals surface area contributed by atoms with Crippen molar-refractivity contribution in [3.05, 3.63) is 52.6 Å². The Bertz CT molecular complexity index is 719. The number of hydrogen-bond acceptors (Lipinski definition) is 5. The van der Waals surface area contributed by atoms with E-state index in [1.807, 2.05) is 26.0 Å². The molecule has 0 unspecified atom stereocenters. The summed E-state index contributed by atoms with van der Waals surface area (Å²) in [5.41, 5.74) is 3.85. The molecule has 1 aliphatic heterocycles. The Morgan fingerprint density at radius 3 is 2.79 bits per heavy atom. The molecule has 2 aliphatic rings. The van der Waals surface area contributed by atoms with Crippen molar-refractivity contribution in [2.75, 3.05) is 6.61 Å². The van der Waals surface area contributed by atoms with Gasteiger partial charge in [-0.1, -0.05) is 6.92 Å². The summed E-state index contributed by atoms with van der Waals surface area (Å²) in [7, 11) is 0. The van der Waals surface area contributed by atoms with Gasteiger partial charge in [0.1, 0.15) is 0 Å². The number of ketones is 1. The highest BCUT2D eigenvalue weighted by Gasteiger charge is 2.38. The predicted molar refractivity (Wildman–Crippen MR) is 89.9 cm³/mol. The molecule has 0 spiro atoms. The molecule has 1 atom stereocenters. The van der Waals surface area contributed by atoms with Crippen molar-refractivity contribution in [1.82, 2.24) is 10.3 Å². The fourth-order valence-electron chi connectivity index (χ4n) is 3.42. The van der Waals surface area contributed by atoms with Gasteiger partial charge in [0.25, 0.3) is 0 Å². The zero-order chi connectivity index (χ0) is 17.1. The number of Topliss-reactive ketones (excluding diaryl/α,β-unsaturated/α-hetero) is 1. The number of aromatic nitrogens is 1. The molecule has 1 aliphatic carbocycles. The number of pyridine rings is 1. The van der Waals surface area contributed by atoms with Crippen LogP contribution in [0.3, 0.4) is 0 Å². The fourth-order valence-corrected chi connectivity index (χ4v) is 3.42. The van der Waals surface area contributed by atoms with E-state index in [2.05, 4.69) is 10.3 Å². The van der Waals surface area contributed by atoms with E-state index in [0.717, 1.165) is 36.2 Å². The Kier molecular flexibility index (Phi) is 4.79. The Labute approximate surface area is 141 Å². The second-order valence-electron chi connectivity index (χ2n) is 6.18. The summed E-state index contributed by atoms with van der Waals surface area (Å²) < 4.78 is 5.38. The van der Waals surface area contributed by atoms with Gasteiger partial charge in [-0.3, -0.25) is 9.78 Å². The third kappa shape index (κ3) is 2.98. The van der Waals surface area contributed by atoms with Crippen molar-refractivity contribution >= 4 is 11.8 Å². The highest BCUT2D eigenvalue weighted by molar-refractivity contribution is 6.03. The van der Waals surface area contributed by atoms with Crippen molar-refractivity contribution in [2.24, 2.45) is 0 Å². The number of nitrogens with one attached hydrogen (secondary N) is 1. The summed E-state index contributed by atoms with van der Waals surface area (Å²) in [5, 5.41) is 3.28. The lowest BCUT2D eigenvalue weighted by Crippen LogP contribution is -2.34. The molecule has 126 valence electrons. The molecule has 2 heterocycles. The molecule has 3 rings (SSSR count). The average Bonchev–Trinajstić information content (AvgIpc) is 2.59. The van der Waals surface area contributed by atoms with E-state index in [1.165, 1.54) is 0 Å². The Balaban J connectivity index is 2.09. The predicted octanol–water partition coefficient (Wildman–Crippen LogP) is 3.00. The first kappa shape index (κ1) is 16.4. The van der Waals surface area contributed by atoms with Crippen LogP contribution in [0.5, 0.6) is 0 Å². The highest BCUT2D eigenvalue weighted by Crippen LogP contribution is 2.42. The molecule has 0 aromatic carbocycles. The van der Waals surface area contributed by atoms with Crippen LogP contribution in [-0.4, -0.2) is 23.3 Å². The van der Waals surface area contributed by atoms with E-state index in [-0.39, 0.29) is 17.7 Å². The molecule has 0 fully saturated rings. The first-order valence-corrected chi connectivity index (χ1v) is 8.44. The molecular formula is C19H22N2O3. The van der Waals surface area contributed by atoms with Gasteiger partial charge in [-0.15, -0.1) is 0 Å². The Morgan fingerprint density at radius 1 is 1.33 bits per heavy atom. The molecule has 0 radical (unpaired) electrons. The smallest absolute Gasteiger partial charge is 0.336 e. The summed E-state index contributed by atoms with van der Waals surface area (Å²) in [6.07, 6.45) is 6.34. The first-order valence-electron chi connectivity index (χ1n) is 8.44. The normalized spacial score (nSPS) is 20.6. The van der Waals surface area contributed by atoms with E-state index in [4.69, 9.17) is 4.74 Å². The van der Waals surface area contributed by atoms with Crippen LogP contribution in [0.25, 0.3) is 0 Å². The number of carbonyl (C=O) groups excluding carboxylic acids is 2. The molecule has 1 aromatic heterocycles. The van der Waals surface area contributed by atoms with Crippen LogP contribution in [0.15, 0.2) is 47.1 Å². The molecule has 1 N–H and O–H groups in total. The monoisotopic (exact) mass is 326 g/mol. The van der Waals surface area contributed by atoms with Gasteiger partial charge in [0, 0.05) is 41.7 Å². The minimum Gasteiger partial charge on any atom is -0.462 e. The fraction of sp³-hybridized carbons (Fsp3) is 0.421. The second-order valence-corrected chi connectivity index (χ2v) is 6.18. The lowest BCUT2D eigenvalue weighted by atomic mass is 9.75. The molecule has 24 heavy (non-hydrogen) atoms. The van der Waals surface area contributed by atoms with E-state index in [9.17, 15) is 9.59 Å². The third-order valence-corrected chi connectivity index (χ3v) is 4.47. The molecule has 1 aromatic rings. The molecular weight excluding hydrogens is 304 g/mol. The van der Waals surface area contributed by atoms with Crippen molar-refractivity contribution in [3.63, 3.8) is 0 Å². The SMILES string of the molecule is CCCOC(=O)C1=C(C)NC2=C(C(=O)CCC2)[C@@H]1c1ccncc1. The Hall–Kier alpha value is -2.43. The van der Waals surface area contributed by atoms with Crippen LogP contribution in [0.1, 0.15) is 51.0 Å². The van der Waals surface area contributed by atoms with Crippen LogP contribution in [0, 0.1) is 0 Å². The standard InChI is InChI=1S/C19H22N2O3/c1-3-11-24-19(23)16-12(2)21-14-5-4-6-15(22)18(14)17(16)13-7-9-20-10-8-13/h7-10,17,21H,3-6,11H2,1-2H3/t17-/m1/s1. The van der Waals surface area contributed by atoms with Crippen molar-refractivity contribution in [2.45, 2.75) is 45.4 Å². The van der Waals surface area contributed by atoms with Gasteiger partial charge in [0.15, 0.2) is 5.78 Å². The largest absolute Gasteiger partial charge is 0.462 e. The lowest BCUT2D eigenvalue weighted by Gasteiger charge is -2.34. The van der Waals surface area contributed by atoms with Gasteiger partial charge >= 0.3 is 5.97 Å². The topological polar surface area (TPSA) is 68.3 Å². The molecule has 5 heteroatoms. The number of nitrogens with zero attached hydrogens (tertiary/aromatic N) is 1. The van der Waals surface area contributed by atoms with Crippen molar-refractivity contribution < 1.29 is 14.3 Å². The minimum absolute atomic E-state index is 0.110. The van der Waals surface area contributed by atoms with Crippen molar-refractivity contribution in [1.29, 1.82) is 0 Å². The number of dihydropyridines is 1. The quantitative estimate of drug-likeness (QED) is 0.862. The van der Waals surface area contributed by atoms with Crippen LogP contribution in [-0.2, 0) is 14.3 Å². The summed E-state index contributed by atoms with van der Waals surface area (Å²) >= 11 is 0.